The van der Waals surface area contributed by atoms with Crippen LogP contribution in [0.5, 0.6) is 0 Å². The maximum atomic E-state index is 13.0. The minimum absolute atomic E-state index is 0.216. The molecule has 10 heteroatoms. The van der Waals surface area contributed by atoms with Crippen molar-refractivity contribution in [2.24, 2.45) is 0 Å². The Labute approximate surface area is 184 Å². The van der Waals surface area contributed by atoms with Crippen LogP contribution in [0.1, 0.15) is 0 Å². The summed E-state index contributed by atoms with van der Waals surface area (Å²) in [6.45, 7) is 0. The second-order valence-corrected chi connectivity index (χ2v) is 9.90. The summed E-state index contributed by atoms with van der Waals surface area (Å²) >= 11 is 0. The molecule has 2 heterocycles. The quantitative estimate of drug-likeness (QED) is 0.448. The van der Waals surface area contributed by atoms with E-state index in [-0.39, 0.29) is 4.86 Å². The van der Waals surface area contributed by atoms with Gasteiger partial charge in [-0.2, -0.15) is 13.5 Å². The van der Waals surface area contributed by atoms with Crippen LogP contribution in [0, 0.1) is 0 Å². The second-order valence-electron chi connectivity index (χ2n) is 7.16. The van der Waals surface area contributed by atoms with Gasteiger partial charge < -0.3 is 0 Å². The van der Waals surface area contributed by atoms with Crippen LogP contribution in [0.15, 0.2) is 79.0 Å². The Bertz CT molecular complexity index is 1670. The minimum Gasteiger partial charge on any atom is -0.283 e. The summed E-state index contributed by atoms with van der Waals surface area (Å²) in [5.41, 5.74) is 3.26. The standard InChI is InChI=1S/C22H16N4O4S2/c27-31(28)19-8-1-2-9-20(19)32(29,30)26-15-10-11-18-17(13-15)22(25-24-18)16-7-3-5-14-6-4-12-23-21(14)16/h1-13,20,26H,(H,24,25). The summed E-state index contributed by atoms with van der Waals surface area (Å²) in [4.78, 5) is 4.26. The Kier molecular flexibility index (Phi) is 4.87. The van der Waals surface area contributed by atoms with Gasteiger partial charge in [0.05, 0.1) is 15.9 Å². The number of allylic oxidation sites excluding steroid dienone is 3. The largest absolute Gasteiger partial charge is 0.283 e. The topological polar surface area (TPSA) is 122 Å². The lowest BCUT2D eigenvalue weighted by molar-refractivity contribution is 0.600. The molecule has 5 rings (SSSR count). The highest BCUT2D eigenvalue weighted by atomic mass is 32.2. The first-order chi connectivity index (χ1) is 15.4. The Morgan fingerprint density at radius 2 is 1.88 bits per heavy atom. The summed E-state index contributed by atoms with van der Waals surface area (Å²) in [5.74, 6) is 0. The molecule has 160 valence electrons. The predicted octanol–water partition coefficient (Wildman–Crippen LogP) is 3.07. The van der Waals surface area contributed by atoms with Gasteiger partial charge in [-0.3, -0.25) is 14.8 Å². The van der Waals surface area contributed by atoms with E-state index in [4.69, 9.17) is 0 Å². The number of rotatable bonds is 4. The van der Waals surface area contributed by atoms with E-state index in [1.54, 1.807) is 24.4 Å². The van der Waals surface area contributed by atoms with Gasteiger partial charge in [0.25, 0.3) is 0 Å². The van der Waals surface area contributed by atoms with Crippen molar-refractivity contribution in [1.82, 2.24) is 15.2 Å². The fourth-order valence-corrected chi connectivity index (χ4v) is 6.06. The molecule has 1 unspecified atom stereocenters. The first-order valence-electron chi connectivity index (χ1n) is 9.59. The third kappa shape index (κ3) is 3.49. The number of anilines is 1. The lowest BCUT2D eigenvalue weighted by atomic mass is 10.0. The number of hydrogen-bond donors (Lipinski definition) is 2. The van der Waals surface area contributed by atoms with Crippen molar-refractivity contribution >= 4 is 52.7 Å². The molecule has 1 aliphatic rings. The minimum atomic E-state index is -4.06. The molecule has 1 aliphatic carbocycles. The molecule has 0 aliphatic heterocycles. The van der Waals surface area contributed by atoms with Crippen molar-refractivity contribution in [2.75, 3.05) is 4.72 Å². The molecule has 2 aromatic heterocycles. The monoisotopic (exact) mass is 464 g/mol. The van der Waals surface area contributed by atoms with Crippen molar-refractivity contribution in [3.8, 4) is 11.3 Å². The average molecular weight is 465 g/mol. The summed E-state index contributed by atoms with van der Waals surface area (Å²) in [6, 6.07) is 14.6. The van der Waals surface area contributed by atoms with Gasteiger partial charge in [0, 0.05) is 28.2 Å². The van der Waals surface area contributed by atoms with Crippen LogP contribution in [0.4, 0.5) is 5.69 Å². The number of aromatic nitrogens is 3. The number of fused-ring (bicyclic) bond motifs is 2. The normalized spacial score (nSPS) is 16.0. The van der Waals surface area contributed by atoms with Crippen LogP contribution in [-0.2, 0) is 20.3 Å². The number of nitrogens with zero attached hydrogens (tertiary/aromatic N) is 2. The van der Waals surface area contributed by atoms with E-state index in [9.17, 15) is 16.8 Å². The fourth-order valence-electron chi connectivity index (χ4n) is 3.72. The third-order valence-electron chi connectivity index (χ3n) is 5.18. The van der Waals surface area contributed by atoms with E-state index in [1.165, 1.54) is 24.3 Å². The van der Waals surface area contributed by atoms with Crippen molar-refractivity contribution < 1.29 is 16.8 Å². The highest BCUT2D eigenvalue weighted by Gasteiger charge is 2.29. The van der Waals surface area contributed by atoms with Gasteiger partial charge in [-0.25, -0.2) is 8.42 Å². The van der Waals surface area contributed by atoms with Crippen LogP contribution in [-0.4, -0.2) is 42.1 Å². The molecular formula is C22H16N4O4S2. The second kappa shape index (κ2) is 7.74. The molecule has 2 aromatic carbocycles. The maximum Gasteiger partial charge on any atom is 0.244 e. The first kappa shape index (κ1) is 20.2. The zero-order valence-corrected chi connectivity index (χ0v) is 18.1. The highest BCUT2D eigenvalue weighted by Crippen LogP contribution is 2.32. The van der Waals surface area contributed by atoms with Gasteiger partial charge in [-0.1, -0.05) is 42.5 Å². The number of sulfonamides is 1. The lowest BCUT2D eigenvalue weighted by Crippen LogP contribution is -2.33. The van der Waals surface area contributed by atoms with E-state index in [2.05, 4.69) is 19.9 Å². The van der Waals surface area contributed by atoms with Gasteiger partial charge in [-0.05, 0) is 30.3 Å². The van der Waals surface area contributed by atoms with Crippen LogP contribution in [0.3, 0.4) is 0 Å². The molecule has 0 spiro atoms. The van der Waals surface area contributed by atoms with Gasteiger partial charge in [0.15, 0.2) is 0 Å². The predicted molar refractivity (Wildman–Crippen MR) is 125 cm³/mol. The summed E-state index contributed by atoms with van der Waals surface area (Å²) < 4.78 is 51.4. The molecular weight excluding hydrogens is 448 g/mol. The Morgan fingerprint density at radius 1 is 1.03 bits per heavy atom. The SMILES string of the molecule is O=S(=O)=C1C=CC=CC1S(=O)(=O)Nc1ccc2[nH]nc(-c3cccc4cccnc34)c2c1. The molecule has 4 aromatic rings. The van der Waals surface area contributed by atoms with Gasteiger partial charge in [-0.15, -0.1) is 0 Å². The zero-order chi connectivity index (χ0) is 22.3. The van der Waals surface area contributed by atoms with Crippen molar-refractivity contribution in [2.45, 2.75) is 5.25 Å². The molecule has 0 radical (unpaired) electrons. The van der Waals surface area contributed by atoms with Crippen LogP contribution in [0.2, 0.25) is 0 Å². The van der Waals surface area contributed by atoms with Crippen LogP contribution in [0.25, 0.3) is 33.1 Å². The molecule has 2 N–H and O–H groups in total. The van der Waals surface area contributed by atoms with E-state index in [0.29, 0.717) is 16.8 Å². The molecule has 1 atom stereocenters. The lowest BCUT2D eigenvalue weighted by Gasteiger charge is -2.16. The highest BCUT2D eigenvalue weighted by molar-refractivity contribution is 7.95. The first-order valence-corrected chi connectivity index (χ1v) is 12.2. The van der Waals surface area contributed by atoms with Crippen molar-refractivity contribution in [3.63, 3.8) is 0 Å². The summed E-state index contributed by atoms with van der Waals surface area (Å²) in [6.07, 6.45) is 7.31. The number of hydrogen-bond acceptors (Lipinski definition) is 6. The van der Waals surface area contributed by atoms with E-state index in [1.807, 2.05) is 30.3 Å². The smallest absolute Gasteiger partial charge is 0.244 e. The van der Waals surface area contributed by atoms with Crippen LogP contribution < -0.4 is 4.72 Å². The van der Waals surface area contributed by atoms with Gasteiger partial charge in [0.2, 0.25) is 20.3 Å². The summed E-state index contributed by atoms with van der Waals surface area (Å²) in [7, 11) is -6.71. The molecule has 0 amide bonds. The average Bonchev–Trinajstić information content (AvgIpc) is 3.21. The molecule has 32 heavy (non-hydrogen) atoms. The number of H-pyrrole nitrogens is 1. The van der Waals surface area contributed by atoms with Gasteiger partial charge >= 0.3 is 0 Å². The summed E-state index contributed by atoms with van der Waals surface area (Å²) in [5, 5.41) is 7.75. The van der Waals surface area contributed by atoms with Gasteiger partial charge in [0.1, 0.15) is 10.9 Å². The molecule has 8 nitrogen and oxygen atoms in total. The number of nitrogens with one attached hydrogen (secondary N) is 2. The molecule has 0 bridgehead atoms. The Morgan fingerprint density at radius 3 is 2.72 bits per heavy atom. The van der Waals surface area contributed by atoms with Crippen molar-refractivity contribution in [3.05, 3.63) is 79.0 Å². The number of para-hydroxylation sites is 1. The van der Waals surface area contributed by atoms with E-state index in [0.717, 1.165) is 22.0 Å². The fraction of sp³-hybridized carbons (Fsp3) is 0.0455. The Hall–Kier alpha value is -3.76. The molecule has 0 saturated heterocycles. The van der Waals surface area contributed by atoms with E-state index >= 15 is 0 Å². The molecule has 0 saturated carbocycles. The van der Waals surface area contributed by atoms with Crippen molar-refractivity contribution in [1.29, 1.82) is 0 Å². The maximum absolute atomic E-state index is 13.0. The number of benzene rings is 2. The van der Waals surface area contributed by atoms with Crippen LogP contribution >= 0.6 is 0 Å². The Balaban J connectivity index is 1.58. The van der Waals surface area contributed by atoms with E-state index < -0.39 is 25.6 Å². The zero-order valence-electron chi connectivity index (χ0n) is 16.4. The number of pyridine rings is 1. The third-order valence-corrected chi connectivity index (χ3v) is 7.70. The molecule has 0 fully saturated rings. The number of aromatic amines is 1.